The molecular weight excluding hydrogens is 463 g/mol. The van der Waals surface area contributed by atoms with Gasteiger partial charge in [0.15, 0.2) is 5.16 Å². The summed E-state index contributed by atoms with van der Waals surface area (Å²) in [5.74, 6) is -0.632. The van der Waals surface area contributed by atoms with Gasteiger partial charge in [0.05, 0.1) is 23.2 Å². The van der Waals surface area contributed by atoms with Gasteiger partial charge < -0.3 is 0 Å². The molecule has 0 saturated heterocycles. The molecule has 0 spiro atoms. The summed E-state index contributed by atoms with van der Waals surface area (Å²) < 4.78 is 41.5. The van der Waals surface area contributed by atoms with E-state index in [9.17, 15) is 18.0 Å². The van der Waals surface area contributed by atoms with Gasteiger partial charge in [0.25, 0.3) is 5.91 Å². The van der Waals surface area contributed by atoms with Crippen LogP contribution in [0.3, 0.4) is 0 Å². The fourth-order valence-corrected chi connectivity index (χ4v) is 3.80. The summed E-state index contributed by atoms with van der Waals surface area (Å²) in [7, 11) is 0. The minimum absolute atomic E-state index is 0.0112. The summed E-state index contributed by atoms with van der Waals surface area (Å²) in [6.07, 6.45) is -1.59. The number of carbonyl (C=O) groups is 1. The van der Waals surface area contributed by atoms with E-state index in [1.165, 1.54) is 24.7 Å². The predicted octanol–water partition coefficient (Wildman–Crippen LogP) is 5.45. The van der Waals surface area contributed by atoms with Crippen molar-refractivity contribution in [3.05, 3.63) is 102 Å². The number of aromatic nitrogens is 3. The molecule has 0 aliphatic heterocycles. The van der Waals surface area contributed by atoms with Gasteiger partial charge in [-0.2, -0.15) is 18.3 Å². The van der Waals surface area contributed by atoms with E-state index in [-0.39, 0.29) is 11.4 Å². The number of hydrazone groups is 1. The molecule has 6 nitrogen and oxygen atoms in total. The number of alkyl halides is 3. The molecule has 34 heavy (non-hydrogen) atoms. The van der Waals surface area contributed by atoms with Crippen LogP contribution in [0, 0.1) is 0 Å². The molecule has 0 N–H and O–H groups in total. The van der Waals surface area contributed by atoms with E-state index in [1.807, 2.05) is 36.4 Å². The molecule has 0 aliphatic rings. The fourth-order valence-electron chi connectivity index (χ4n) is 3.03. The monoisotopic (exact) mass is 481 g/mol. The van der Waals surface area contributed by atoms with E-state index < -0.39 is 17.6 Å². The number of amides is 1. The van der Waals surface area contributed by atoms with Gasteiger partial charge in [0.1, 0.15) is 6.33 Å². The largest absolute Gasteiger partial charge is 0.416 e. The molecule has 0 fully saturated rings. The second kappa shape index (κ2) is 10.3. The minimum atomic E-state index is -4.55. The lowest BCUT2D eigenvalue weighted by molar-refractivity contribution is -0.137. The van der Waals surface area contributed by atoms with Crippen LogP contribution in [0.4, 0.5) is 18.9 Å². The van der Waals surface area contributed by atoms with Crippen molar-refractivity contribution in [2.75, 3.05) is 10.8 Å². The standard InChI is InChI=1S/C24H18F3N5OS/c25-24(26,27)19-10-7-13-21(14-19)32(29-15-18-8-3-1-4-9-18)22(33)16-34-23-30-28-17-31(23)20-11-5-2-6-12-20/h1-15,17H,16H2/b29-15-. The van der Waals surface area contributed by atoms with Gasteiger partial charge in [-0.05, 0) is 35.9 Å². The van der Waals surface area contributed by atoms with Crippen LogP contribution in [0.1, 0.15) is 11.1 Å². The number of anilines is 1. The van der Waals surface area contributed by atoms with Crippen LogP contribution in [0.15, 0.2) is 102 Å². The number of thioether (sulfide) groups is 1. The molecular formula is C24H18F3N5OS. The lowest BCUT2D eigenvalue weighted by atomic mass is 10.2. The average molecular weight is 482 g/mol. The van der Waals surface area contributed by atoms with Crippen LogP contribution in [0.25, 0.3) is 5.69 Å². The SMILES string of the molecule is O=C(CSc1nncn1-c1ccccc1)N(/N=C\c1ccccc1)c1cccc(C(F)(F)F)c1. The Morgan fingerprint density at radius 3 is 2.41 bits per heavy atom. The number of benzene rings is 3. The summed E-state index contributed by atoms with van der Waals surface area (Å²) in [6, 6.07) is 22.8. The lowest BCUT2D eigenvalue weighted by Crippen LogP contribution is -2.28. The first-order chi connectivity index (χ1) is 16.4. The highest BCUT2D eigenvalue weighted by atomic mass is 32.2. The molecule has 0 radical (unpaired) electrons. The van der Waals surface area contributed by atoms with Crippen LogP contribution < -0.4 is 5.01 Å². The molecule has 0 unspecified atom stereocenters. The van der Waals surface area contributed by atoms with Crippen molar-refractivity contribution in [3.8, 4) is 5.69 Å². The third-order valence-corrected chi connectivity index (χ3v) is 5.58. The van der Waals surface area contributed by atoms with Crippen LogP contribution in [-0.2, 0) is 11.0 Å². The molecule has 4 rings (SSSR count). The first-order valence-electron chi connectivity index (χ1n) is 10.1. The molecule has 0 bridgehead atoms. The van der Waals surface area contributed by atoms with Crippen LogP contribution in [0.2, 0.25) is 0 Å². The van der Waals surface area contributed by atoms with Gasteiger partial charge in [0.2, 0.25) is 0 Å². The van der Waals surface area contributed by atoms with E-state index >= 15 is 0 Å². The van der Waals surface area contributed by atoms with Crippen molar-refractivity contribution >= 4 is 29.6 Å². The molecule has 1 aromatic heterocycles. The van der Waals surface area contributed by atoms with Gasteiger partial charge in [-0.15, -0.1) is 10.2 Å². The van der Waals surface area contributed by atoms with Gasteiger partial charge >= 0.3 is 6.18 Å². The first-order valence-corrected chi connectivity index (χ1v) is 11.1. The Kier molecular flexibility index (Phi) is 7.07. The fraction of sp³-hybridized carbons (Fsp3) is 0.0833. The van der Waals surface area contributed by atoms with Gasteiger partial charge in [-0.25, -0.2) is 5.01 Å². The maximum absolute atomic E-state index is 13.3. The molecule has 1 heterocycles. The number of para-hydroxylation sites is 1. The van der Waals surface area contributed by atoms with Crippen LogP contribution >= 0.6 is 11.8 Å². The normalized spacial score (nSPS) is 11.6. The van der Waals surface area contributed by atoms with Crippen molar-refractivity contribution < 1.29 is 18.0 Å². The third kappa shape index (κ3) is 5.70. The first kappa shape index (κ1) is 23.2. The van der Waals surface area contributed by atoms with Crippen LogP contribution in [-0.4, -0.2) is 32.6 Å². The summed E-state index contributed by atoms with van der Waals surface area (Å²) in [5.41, 5.74) is 0.661. The van der Waals surface area contributed by atoms with Crippen molar-refractivity contribution in [2.45, 2.75) is 11.3 Å². The zero-order valence-electron chi connectivity index (χ0n) is 17.6. The van der Waals surface area contributed by atoms with Crippen molar-refractivity contribution in [1.29, 1.82) is 0 Å². The van der Waals surface area contributed by atoms with Crippen molar-refractivity contribution in [3.63, 3.8) is 0 Å². The number of hydrogen-bond donors (Lipinski definition) is 0. The van der Waals surface area contributed by atoms with E-state index in [0.29, 0.717) is 10.7 Å². The zero-order valence-corrected chi connectivity index (χ0v) is 18.4. The van der Waals surface area contributed by atoms with Gasteiger partial charge in [0, 0.05) is 5.69 Å². The van der Waals surface area contributed by atoms with E-state index in [1.54, 1.807) is 28.8 Å². The van der Waals surface area contributed by atoms with Crippen molar-refractivity contribution in [1.82, 2.24) is 14.8 Å². The molecule has 1 amide bonds. The number of carbonyl (C=O) groups excluding carboxylic acids is 1. The quantitative estimate of drug-likeness (QED) is 0.200. The Balaban J connectivity index is 1.59. The van der Waals surface area contributed by atoms with E-state index in [4.69, 9.17) is 0 Å². The molecule has 3 aromatic carbocycles. The number of rotatable bonds is 7. The van der Waals surface area contributed by atoms with Gasteiger partial charge in [-0.1, -0.05) is 66.4 Å². The number of halogens is 3. The highest BCUT2D eigenvalue weighted by Crippen LogP contribution is 2.32. The molecule has 10 heteroatoms. The minimum Gasteiger partial charge on any atom is -0.277 e. The van der Waals surface area contributed by atoms with E-state index in [2.05, 4.69) is 15.3 Å². The van der Waals surface area contributed by atoms with E-state index in [0.717, 1.165) is 34.6 Å². The van der Waals surface area contributed by atoms with Gasteiger partial charge in [-0.3, -0.25) is 9.36 Å². The number of hydrogen-bond acceptors (Lipinski definition) is 5. The summed E-state index contributed by atoms with van der Waals surface area (Å²) in [5, 5.41) is 13.6. The number of nitrogens with zero attached hydrogens (tertiary/aromatic N) is 5. The molecule has 4 aromatic rings. The second-order valence-electron chi connectivity index (χ2n) is 7.02. The van der Waals surface area contributed by atoms with Crippen molar-refractivity contribution in [2.24, 2.45) is 5.10 Å². The lowest BCUT2D eigenvalue weighted by Gasteiger charge is -2.18. The summed E-state index contributed by atoms with van der Waals surface area (Å²) in [4.78, 5) is 13.1. The molecule has 0 saturated carbocycles. The Morgan fingerprint density at radius 2 is 1.71 bits per heavy atom. The predicted molar refractivity (Wildman–Crippen MR) is 125 cm³/mol. The Morgan fingerprint density at radius 1 is 1.00 bits per heavy atom. The molecule has 172 valence electrons. The van der Waals surface area contributed by atoms with Crippen LogP contribution in [0.5, 0.6) is 0 Å². The maximum Gasteiger partial charge on any atom is 0.416 e. The Labute approximate surface area is 197 Å². The topological polar surface area (TPSA) is 63.4 Å². The average Bonchev–Trinajstić information content (AvgIpc) is 3.32. The highest BCUT2D eigenvalue weighted by molar-refractivity contribution is 7.99. The molecule has 0 aliphatic carbocycles. The third-order valence-electron chi connectivity index (χ3n) is 4.65. The second-order valence-corrected chi connectivity index (χ2v) is 7.96. The maximum atomic E-state index is 13.3. The smallest absolute Gasteiger partial charge is 0.277 e. The summed E-state index contributed by atoms with van der Waals surface area (Å²) >= 11 is 1.11. The molecule has 0 atom stereocenters. The Bertz CT molecular complexity index is 1280. The highest BCUT2D eigenvalue weighted by Gasteiger charge is 2.31. The Hall–Kier alpha value is -3.92. The summed E-state index contributed by atoms with van der Waals surface area (Å²) in [6.45, 7) is 0. The zero-order chi connectivity index (χ0) is 24.0.